The summed E-state index contributed by atoms with van der Waals surface area (Å²) in [5.41, 5.74) is 3.07. The fourth-order valence-corrected chi connectivity index (χ4v) is 2.26. The van der Waals surface area contributed by atoms with Crippen molar-refractivity contribution in [1.82, 2.24) is 0 Å². The van der Waals surface area contributed by atoms with Crippen LogP contribution in [0.15, 0.2) is 42.5 Å². The lowest BCUT2D eigenvalue weighted by atomic mass is 10.1. The third kappa shape index (κ3) is 5.82. The van der Waals surface area contributed by atoms with Crippen LogP contribution in [0.5, 0.6) is 11.5 Å². The van der Waals surface area contributed by atoms with Crippen LogP contribution in [0.4, 0.5) is 5.69 Å². The Kier molecular flexibility index (Phi) is 6.87. The van der Waals surface area contributed by atoms with E-state index < -0.39 is 6.10 Å². The van der Waals surface area contributed by atoms with Crippen molar-refractivity contribution in [3.05, 3.63) is 53.6 Å². The van der Waals surface area contributed by atoms with Crippen LogP contribution in [0, 0.1) is 13.8 Å². The maximum absolute atomic E-state index is 12.3. The van der Waals surface area contributed by atoms with Gasteiger partial charge in [0.25, 0.3) is 5.91 Å². The van der Waals surface area contributed by atoms with Gasteiger partial charge in [0.15, 0.2) is 6.10 Å². The Labute approximate surface area is 150 Å². The van der Waals surface area contributed by atoms with Gasteiger partial charge in [-0.15, -0.1) is 0 Å². The first kappa shape index (κ1) is 18.8. The second kappa shape index (κ2) is 9.11. The summed E-state index contributed by atoms with van der Waals surface area (Å²) in [5.74, 6) is 1.33. The van der Waals surface area contributed by atoms with Crippen molar-refractivity contribution in [3.63, 3.8) is 0 Å². The summed E-state index contributed by atoms with van der Waals surface area (Å²) in [6.07, 6.45) is 1.56. The molecule has 0 aliphatic rings. The van der Waals surface area contributed by atoms with Crippen LogP contribution < -0.4 is 14.8 Å². The van der Waals surface area contributed by atoms with Crippen molar-refractivity contribution in [2.75, 3.05) is 11.9 Å². The number of benzene rings is 2. The van der Waals surface area contributed by atoms with E-state index in [-0.39, 0.29) is 5.91 Å². The zero-order valence-corrected chi connectivity index (χ0v) is 15.5. The largest absolute Gasteiger partial charge is 0.494 e. The molecule has 25 heavy (non-hydrogen) atoms. The average Bonchev–Trinajstić information content (AvgIpc) is 2.60. The molecule has 4 nitrogen and oxygen atoms in total. The van der Waals surface area contributed by atoms with E-state index in [4.69, 9.17) is 9.47 Å². The Morgan fingerprint density at radius 1 is 1.04 bits per heavy atom. The molecular formula is C21H27NO3. The monoisotopic (exact) mass is 341 g/mol. The van der Waals surface area contributed by atoms with Gasteiger partial charge in [0.05, 0.1) is 6.61 Å². The molecule has 0 saturated heterocycles. The third-order valence-corrected chi connectivity index (χ3v) is 4.05. The average molecular weight is 341 g/mol. The second-order valence-electron chi connectivity index (χ2n) is 6.22. The van der Waals surface area contributed by atoms with Gasteiger partial charge in [-0.2, -0.15) is 0 Å². The Morgan fingerprint density at radius 2 is 1.72 bits per heavy atom. The van der Waals surface area contributed by atoms with E-state index in [1.807, 2.05) is 56.3 Å². The van der Waals surface area contributed by atoms with E-state index in [1.165, 1.54) is 5.56 Å². The van der Waals surface area contributed by atoms with Crippen molar-refractivity contribution in [1.29, 1.82) is 0 Å². The van der Waals surface area contributed by atoms with Crippen molar-refractivity contribution < 1.29 is 14.3 Å². The molecule has 0 fully saturated rings. The smallest absolute Gasteiger partial charge is 0.265 e. The molecule has 0 aliphatic carbocycles. The fourth-order valence-electron chi connectivity index (χ4n) is 2.26. The van der Waals surface area contributed by atoms with Crippen LogP contribution in [-0.4, -0.2) is 18.6 Å². The van der Waals surface area contributed by atoms with Gasteiger partial charge < -0.3 is 14.8 Å². The van der Waals surface area contributed by atoms with E-state index in [9.17, 15) is 4.79 Å². The number of carbonyl (C=O) groups excluding carboxylic acids is 1. The van der Waals surface area contributed by atoms with E-state index in [1.54, 1.807) is 6.92 Å². The van der Waals surface area contributed by atoms with Gasteiger partial charge in [-0.1, -0.05) is 19.4 Å². The molecule has 1 amide bonds. The zero-order valence-electron chi connectivity index (χ0n) is 15.5. The minimum atomic E-state index is -0.581. The van der Waals surface area contributed by atoms with Gasteiger partial charge in [0, 0.05) is 5.69 Å². The molecule has 1 atom stereocenters. The number of hydrogen-bond donors (Lipinski definition) is 1. The molecule has 134 valence electrons. The van der Waals surface area contributed by atoms with Gasteiger partial charge in [-0.25, -0.2) is 0 Å². The molecule has 0 aliphatic heterocycles. The topological polar surface area (TPSA) is 47.6 Å². The molecule has 0 aromatic heterocycles. The molecule has 2 aromatic rings. The van der Waals surface area contributed by atoms with Crippen LogP contribution >= 0.6 is 0 Å². The number of nitrogens with one attached hydrogen (secondary N) is 1. The molecule has 4 heteroatoms. The van der Waals surface area contributed by atoms with Gasteiger partial charge in [0.1, 0.15) is 11.5 Å². The lowest BCUT2D eigenvalue weighted by Gasteiger charge is -2.16. The van der Waals surface area contributed by atoms with E-state index in [0.717, 1.165) is 29.8 Å². The molecule has 2 aromatic carbocycles. The summed E-state index contributed by atoms with van der Waals surface area (Å²) in [7, 11) is 0. The highest BCUT2D eigenvalue weighted by molar-refractivity contribution is 5.94. The third-order valence-electron chi connectivity index (χ3n) is 4.05. The van der Waals surface area contributed by atoms with E-state index in [0.29, 0.717) is 12.4 Å². The maximum Gasteiger partial charge on any atom is 0.265 e. The van der Waals surface area contributed by atoms with E-state index in [2.05, 4.69) is 12.2 Å². The molecule has 0 radical (unpaired) electrons. The highest BCUT2D eigenvalue weighted by Gasteiger charge is 2.15. The summed E-state index contributed by atoms with van der Waals surface area (Å²) < 4.78 is 11.4. The highest BCUT2D eigenvalue weighted by atomic mass is 16.5. The number of anilines is 1. The van der Waals surface area contributed by atoms with Gasteiger partial charge in [0.2, 0.25) is 0 Å². The zero-order chi connectivity index (χ0) is 18.2. The Hall–Kier alpha value is -2.49. The number of carbonyl (C=O) groups is 1. The summed E-state index contributed by atoms with van der Waals surface area (Å²) in [4.78, 5) is 12.3. The number of ether oxygens (including phenoxy) is 2. The summed E-state index contributed by atoms with van der Waals surface area (Å²) >= 11 is 0. The SMILES string of the molecule is CCCCOc1ccc(NC(=O)C(C)Oc2ccc(C)c(C)c2)cc1. The number of rotatable bonds is 8. The predicted octanol–water partition coefficient (Wildman–Crippen LogP) is 4.89. The number of aryl methyl sites for hydroxylation is 2. The fraction of sp³-hybridized carbons (Fsp3) is 0.381. The number of unbranched alkanes of at least 4 members (excludes halogenated alkanes) is 1. The van der Waals surface area contributed by atoms with Crippen LogP contribution in [0.2, 0.25) is 0 Å². The molecule has 2 rings (SSSR count). The Balaban J connectivity index is 1.88. The molecule has 0 heterocycles. The van der Waals surface area contributed by atoms with Gasteiger partial charge in [-0.05, 0) is 74.7 Å². The highest BCUT2D eigenvalue weighted by Crippen LogP contribution is 2.19. The first-order valence-electron chi connectivity index (χ1n) is 8.77. The lowest BCUT2D eigenvalue weighted by molar-refractivity contribution is -0.122. The first-order chi connectivity index (χ1) is 12.0. The minimum Gasteiger partial charge on any atom is -0.494 e. The summed E-state index contributed by atoms with van der Waals surface area (Å²) in [5, 5.41) is 2.86. The minimum absolute atomic E-state index is 0.183. The van der Waals surface area contributed by atoms with Crippen LogP contribution in [0.1, 0.15) is 37.8 Å². The van der Waals surface area contributed by atoms with Crippen LogP contribution in [0.3, 0.4) is 0 Å². The quantitative estimate of drug-likeness (QED) is 0.696. The van der Waals surface area contributed by atoms with E-state index >= 15 is 0 Å². The summed E-state index contributed by atoms with van der Waals surface area (Å²) in [6.45, 7) is 8.65. The number of amides is 1. The van der Waals surface area contributed by atoms with Crippen molar-refractivity contribution in [2.45, 2.75) is 46.6 Å². The lowest BCUT2D eigenvalue weighted by Crippen LogP contribution is -2.30. The van der Waals surface area contributed by atoms with Crippen molar-refractivity contribution >= 4 is 11.6 Å². The van der Waals surface area contributed by atoms with Crippen LogP contribution in [0.25, 0.3) is 0 Å². The van der Waals surface area contributed by atoms with Crippen molar-refractivity contribution in [3.8, 4) is 11.5 Å². The van der Waals surface area contributed by atoms with Crippen molar-refractivity contribution in [2.24, 2.45) is 0 Å². The second-order valence-corrected chi connectivity index (χ2v) is 6.22. The summed E-state index contributed by atoms with van der Waals surface area (Å²) in [6, 6.07) is 13.2. The molecule has 0 spiro atoms. The normalized spacial score (nSPS) is 11.7. The Bertz CT molecular complexity index is 695. The van der Waals surface area contributed by atoms with Gasteiger partial charge in [-0.3, -0.25) is 4.79 Å². The standard InChI is InChI=1S/C21H27NO3/c1-5-6-13-24-19-11-8-18(9-12-19)22-21(23)17(4)25-20-10-7-15(2)16(3)14-20/h7-12,14,17H,5-6,13H2,1-4H3,(H,22,23). The molecule has 1 N–H and O–H groups in total. The Morgan fingerprint density at radius 3 is 2.36 bits per heavy atom. The molecule has 0 saturated carbocycles. The number of hydrogen-bond acceptors (Lipinski definition) is 3. The first-order valence-corrected chi connectivity index (χ1v) is 8.77. The molecular weight excluding hydrogens is 314 g/mol. The molecule has 1 unspecified atom stereocenters. The maximum atomic E-state index is 12.3. The van der Waals surface area contributed by atoms with Crippen LogP contribution in [-0.2, 0) is 4.79 Å². The predicted molar refractivity (Wildman–Crippen MR) is 101 cm³/mol. The van der Waals surface area contributed by atoms with Gasteiger partial charge >= 0.3 is 0 Å². The molecule has 0 bridgehead atoms.